The van der Waals surface area contributed by atoms with E-state index in [2.05, 4.69) is 10.3 Å². The summed E-state index contributed by atoms with van der Waals surface area (Å²) in [6.45, 7) is 4.31. The molecule has 6 nitrogen and oxygen atoms in total. The molecule has 2 heterocycles. The van der Waals surface area contributed by atoms with E-state index in [0.717, 1.165) is 18.6 Å². The number of aryl methyl sites for hydroxylation is 1. The van der Waals surface area contributed by atoms with Crippen molar-refractivity contribution in [3.63, 3.8) is 0 Å². The van der Waals surface area contributed by atoms with Crippen molar-refractivity contribution in [2.45, 2.75) is 24.7 Å². The van der Waals surface area contributed by atoms with Crippen LogP contribution in [0.1, 0.15) is 18.4 Å². The van der Waals surface area contributed by atoms with Gasteiger partial charge in [0.2, 0.25) is 10.0 Å². The molecular weight excluding hydrogens is 338 g/mol. The molecule has 0 saturated carbocycles. The standard InChI is InChI=1S/C18H23N3O3S/c1-15-4-6-16(7-5-15)24-13-10-19-18-9-8-17(14-20-18)25(22,23)21-11-2-3-12-21/h4-9,14H,2-3,10-13H2,1H3,(H,19,20). The van der Waals surface area contributed by atoms with Crippen molar-refractivity contribution in [2.24, 2.45) is 0 Å². The van der Waals surface area contributed by atoms with Crippen LogP contribution >= 0.6 is 0 Å². The van der Waals surface area contributed by atoms with Gasteiger partial charge in [-0.15, -0.1) is 0 Å². The van der Waals surface area contributed by atoms with Crippen LogP contribution in [0.2, 0.25) is 0 Å². The molecule has 1 aromatic carbocycles. The van der Waals surface area contributed by atoms with Gasteiger partial charge in [0.15, 0.2) is 0 Å². The Kier molecular flexibility index (Phi) is 5.55. The van der Waals surface area contributed by atoms with Crippen LogP contribution in [0.3, 0.4) is 0 Å². The van der Waals surface area contributed by atoms with Crippen molar-refractivity contribution in [1.29, 1.82) is 0 Å². The smallest absolute Gasteiger partial charge is 0.244 e. The quantitative estimate of drug-likeness (QED) is 0.768. The molecule has 0 aliphatic carbocycles. The van der Waals surface area contributed by atoms with Gasteiger partial charge in [-0.25, -0.2) is 13.4 Å². The fourth-order valence-corrected chi connectivity index (χ4v) is 4.16. The lowest BCUT2D eigenvalue weighted by Crippen LogP contribution is -2.28. The number of pyridine rings is 1. The molecule has 0 atom stereocenters. The summed E-state index contributed by atoms with van der Waals surface area (Å²) in [5.74, 6) is 1.46. The number of sulfonamides is 1. The number of aromatic nitrogens is 1. The van der Waals surface area contributed by atoms with Crippen molar-refractivity contribution < 1.29 is 13.2 Å². The monoisotopic (exact) mass is 361 g/mol. The van der Waals surface area contributed by atoms with Gasteiger partial charge < -0.3 is 10.1 Å². The van der Waals surface area contributed by atoms with Crippen LogP contribution in [0.5, 0.6) is 5.75 Å². The summed E-state index contributed by atoms with van der Waals surface area (Å²) in [7, 11) is -3.40. The zero-order valence-electron chi connectivity index (χ0n) is 14.3. The van der Waals surface area contributed by atoms with Crippen LogP contribution in [0, 0.1) is 6.92 Å². The fourth-order valence-electron chi connectivity index (χ4n) is 2.70. The van der Waals surface area contributed by atoms with E-state index in [-0.39, 0.29) is 4.90 Å². The van der Waals surface area contributed by atoms with Gasteiger partial charge in [-0.2, -0.15) is 4.31 Å². The van der Waals surface area contributed by atoms with Gasteiger partial charge in [0.05, 0.1) is 6.54 Å². The van der Waals surface area contributed by atoms with E-state index in [1.165, 1.54) is 16.1 Å². The summed E-state index contributed by atoms with van der Waals surface area (Å²) in [6.07, 6.45) is 3.26. The van der Waals surface area contributed by atoms with Crippen LogP contribution < -0.4 is 10.1 Å². The summed E-state index contributed by atoms with van der Waals surface area (Å²) in [5, 5.41) is 3.13. The number of nitrogens with one attached hydrogen (secondary N) is 1. The lowest BCUT2D eigenvalue weighted by molar-refractivity contribution is 0.332. The first-order valence-corrected chi connectivity index (χ1v) is 9.89. The van der Waals surface area contributed by atoms with E-state index in [1.54, 1.807) is 12.1 Å². The van der Waals surface area contributed by atoms with Crippen molar-refractivity contribution in [3.05, 3.63) is 48.2 Å². The number of benzene rings is 1. The highest BCUT2D eigenvalue weighted by atomic mass is 32.2. The molecule has 1 aliphatic heterocycles. The van der Waals surface area contributed by atoms with Gasteiger partial charge in [-0.3, -0.25) is 0 Å². The van der Waals surface area contributed by atoms with Crippen molar-refractivity contribution in [1.82, 2.24) is 9.29 Å². The highest BCUT2D eigenvalue weighted by molar-refractivity contribution is 7.89. The molecule has 2 aromatic rings. The Balaban J connectivity index is 1.50. The number of hydrogen-bond donors (Lipinski definition) is 1. The van der Waals surface area contributed by atoms with Gasteiger partial charge in [-0.05, 0) is 44.0 Å². The third-order valence-electron chi connectivity index (χ3n) is 4.14. The average molecular weight is 361 g/mol. The molecule has 0 spiro atoms. The van der Waals surface area contributed by atoms with E-state index in [4.69, 9.17) is 4.74 Å². The average Bonchev–Trinajstić information content (AvgIpc) is 3.16. The van der Waals surface area contributed by atoms with E-state index < -0.39 is 10.0 Å². The van der Waals surface area contributed by atoms with Gasteiger partial charge in [-0.1, -0.05) is 17.7 Å². The van der Waals surface area contributed by atoms with E-state index >= 15 is 0 Å². The number of rotatable bonds is 7. The molecule has 1 aliphatic rings. The largest absolute Gasteiger partial charge is 0.492 e. The Morgan fingerprint density at radius 2 is 1.84 bits per heavy atom. The van der Waals surface area contributed by atoms with Gasteiger partial charge in [0.25, 0.3) is 0 Å². The number of ether oxygens (including phenoxy) is 1. The van der Waals surface area contributed by atoms with Crippen molar-refractivity contribution in [3.8, 4) is 5.75 Å². The minimum atomic E-state index is -3.40. The minimum Gasteiger partial charge on any atom is -0.492 e. The van der Waals surface area contributed by atoms with Gasteiger partial charge in [0, 0.05) is 19.3 Å². The topological polar surface area (TPSA) is 71.5 Å². The van der Waals surface area contributed by atoms with Crippen LogP contribution in [-0.2, 0) is 10.0 Å². The second-order valence-corrected chi connectivity index (χ2v) is 8.02. The fraction of sp³-hybridized carbons (Fsp3) is 0.389. The summed E-state index contributed by atoms with van der Waals surface area (Å²) >= 11 is 0. The van der Waals surface area contributed by atoms with Crippen molar-refractivity contribution in [2.75, 3.05) is 31.6 Å². The summed E-state index contributed by atoms with van der Waals surface area (Å²) < 4.78 is 32.0. The predicted molar refractivity (Wildman–Crippen MR) is 97.4 cm³/mol. The van der Waals surface area contributed by atoms with E-state index in [0.29, 0.717) is 32.1 Å². The number of hydrogen-bond acceptors (Lipinski definition) is 5. The predicted octanol–water partition coefficient (Wildman–Crippen LogP) is 2.67. The highest BCUT2D eigenvalue weighted by Crippen LogP contribution is 2.20. The SMILES string of the molecule is Cc1ccc(OCCNc2ccc(S(=O)(=O)N3CCCC3)cn2)cc1. The maximum absolute atomic E-state index is 12.4. The molecule has 0 radical (unpaired) electrons. The highest BCUT2D eigenvalue weighted by Gasteiger charge is 2.27. The van der Waals surface area contributed by atoms with Crippen LogP contribution in [0.4, 0.5) is 5.82 Å². The molecule has 1 fully saturated rings. The summed E-state index contributed by atoms with van der Waals surface area (Å²) in [4.78, 5) is 4.45. The molecule has 3 rings (SSSR count). The lowest BCUT2D eigenvalue weighted by atomic mass is 10.2. The Morgan fingerprint density at radius 1 is 1.12 bits per heavy atom. The third kappa shape index (κ3) is 4.49. The van der Waals surface area contributed by atoms with Gasteiger partial charge >= 0.3 is 0 Å². The number of anilines is 1. The Bertz CT molecular complexity index is 783. The normalized spacial score (nSPS) is 15.2. The summed E-state index contributed by atoms with van der Waals surface area (Å²) in [6, 6.07) is 11.2. The Hall–Kier alpha value is -2.12. The van der Waals surface area contributed by atoms with Crippen LogP contribution in [0.25, 0.3) is 0 Å². The molecule has 1 aromatic heterocycles. The first-order chi connectivity index (χ1) is 12.1. The van der Waals surface area contributed by atoms with Crippen molar-refractivity contribution >= 4 is 15.8 Å². The summed E-state index contributed by atoms with van der Waals surface area (Å²) in [5.41, 5.74) is 1.19. The molecule has 7 heteroatoms. The maximum Gasteiger partial charge on any atom is 0.244 e. The molecule has 1 saturated heterocycles. The molecule has 0 unspecified atom stereocenters. The zero-order valence-corrected chi connectivity index (χ0v) is 15.1. The van der Waals surface area contributed by atoms with E-state index in [9.17, 15) is 8.42 Å². The van der Waals surface area contributed by atoms with Crippen LogP contribution in [-0.4, -0.2) is 43.9 Å². The first kappa shape index (κ1) is 17.7. The third-order valence-corrected chi connectivity index (χ3v) is 6.02. The molecule has 134 valence electrons. The molecular formula is C18H23N3O3S. The first-order valence-electron chi connectivity index (χ1n) is 8.45. The Morgan fingerprint density at radius 3 is 2.48 bits per heavy atom. The second-order valence-electron chi connectivity index (χ2n) is 6.08. The second kappa shape index (κ2) is 7.84. The van der Waals surface area contributed by atoms with Gasteiger partial charge in [0.1, 0.15) is 23.1 Å². The number of nitrogens with zero attached hydrogens (tertiary/aromatic N) is 2. The lowest BCUT2D eigenvalue weighted by Gasteiger charge is -2.15. The molecule has 0 amide bonds. The molecule has 1 N–H and O–H groups in total. The molecule has 0 bridgehead atoms. The minimum absolute atomic E-state index is 0.246. The maximum atomic E-state index is 12.4. The molecule has 25 heavy (non-hydrogen) atoms. The van der Waals surface area contributed by atoms with E-state index in [1.807, 2.05) is 31.2 Å². The Labute approximate surface area is 148 Å². The zero-order chi connectivity index (χ0) is 17.7. The van der Waals surface area contributed by atoms with Crippen LogP contribution in [0.15, 0.2) is 47.5 Å².